The number of imide groups is 1. The van der Waals surface area contributed by atoms with Gasteiger partial charge in [0.2, 0.25) is 11.8 Å². The van der Waals surface area contributed by atoms with E-state index < -0.39 is 0 Å². The lowest BCUT2D eigenvalue weighted by molar-refractivity contribution is -0.144. The first-order valence-electron chi connectivity index (χ1n) is 7.58. The lowest BCUT2D eigenvalue weighted by Gasteiger charge is -2.35. The van der Waals surface area contributed by atoms with Gasteiger partial charge >= 0.3 is 0 Å². The van der Waals surface area contributed by atoms with Gasteiger partial charge in [0, 0.05) is 19.1 Å². The minimum absolute atomic E-state index is 0.0466. The molecular weight excluding hydrogens is 254 g/mol. The quantitative estimate of drug-likeness (QED) is 0.557. The third kappa shape index (κ3) is 2.12. The van der Waals surface area contributed by atoms with Crippen LogP contribution in [0.1, 0.15) is 32.6 Å². The number of nitrogens with zero attached hydrogens (tertiary/aromatic N) is 3. The highest BCUT2D eigenvalue weighted by Gasteiger charge is 2.53. The molecule has 0 radical (unpaired) electrons. The Hall–Kier alpha value is -1.41. The maximum atomic E-state index is 12.5. The van der Waals surface area contributed by atoms with Crippen LogP contribution >= 0.6 is 0 Å². The third-order valence-corrected chi connectivity index (χ3v) is 5.12. The number of hydrogen-bond donors (Lipinski definition) is 0. The Balaban J connectivity index is 1.66. The zero-order valence-corrected chi connectivity index (χ0v) is 11.9. The molecule has 0 bridgehead atoms. The molecule has 0 aromatic rings. The zero-order valence-electron chi connectivity index (χ0n) is 11.9. The Bertz CT molecular complexity index is 438. The second kappa shape index (κ2) is 5.17. The molecular formula is C15H21N3O2. The van der Waals surface area contributed by atoms with Crippen molar-refractivity contribution in [3.8, 4) is 6.07 Å². The van der Waals surface area contributed by atoms with E-state index in [-0.39, 0.29) is 29.7 Å². The van der Waals surface area contributed by atoms with Crippen LogP contribution in [0.2, 0.25) is 0 Å². The predicted octanol–water partition coefficient (Wildman–Crippen LogP) is 1.01. The van der Waals surface area contributed by atoms with Crippen LogP contribution in [0.4, 0.5) is 0 Å². The molecule has 2 unspecified atom stereocenters. The van der Waals surface area contributed by atoms with Crippen LogP contribution in [0, 0.1) is 29.1 Å². The van der Waals surface area contributed by atoms with E-state index in [9.17, 15) is 9.59 Å². The molecule has 3 aliphatic rings. The summed E-state index contributed by atoms with van der Waals surface area (Å²) in [5, 5.41) is 8.70. The van der Waals surface area contributed by atoms with Crippen LogP contribution in [-0.2, 0) is 9.59 Å². The number of piperidine rings is 1. The normalized spacial score (nSPS) is 35.4. The summed E-state index contributed by atoms with van der Waals surface area (Å²) in [5.41, 5.74) is 0. The van der Waals surface area contributed by atoms with E-state index in [1.54, 1.807) is 4.90 Å². The number of nitriles is 1. The van der Waals surface area contributed by atoms with Crippen molar-refractivity contribution in [1.82, 2.24) is 9.80 Å². The van der Waals surface area contributed by atoms with Crippen molar-refractivity contribution >= 4 is 11.8 Å². The third-order valence-electron chi connectivity index (χ3n) is 5.12. The molecule has 5 nitrogen and oxygen atoms in total. The Morgan fingerprint density at radius 2 is 1.70 bits per heavy atom. The average molecular weight is 275 g/mol. The fraction of sp³-hybridized carbons (Fsp3) is 0.800. The molecule has 20 heavy (non-hydrogen) atoms. The number of fused-ring (bicyclic) bond motifs is 1. The predicted molar refractivity (Wildman–Crippen MR) is 72.3 cm³/mol. The van der Waals surface area contributed by atoms with E-state index in [0.717, 1.165) is 38.8 Å². The lowest BCUT2D eigenvalue weighted by Crippen LogP contribution is -2.48. The average Bonchev–Trinajstić information content (AvgIpc) is 2.91. The van der Waals surface area contributed by atoms with Crippen LogP contribution < -0.4 is 0 Å². The van der Waals surface area contributed by atoms with Gasteiger partial charge < -0.3 is 0 Å². The number of carbonyl (C=O) groups excluding carboxylic acids is 2. The van der Waals surface area contributed by atoms with Crippen LogP contribution in [0.25, 0.3) is 0 Å². The largest absolute Gasteiger partial charge is 0.290 e. The van der Waals surface area contributed by atoms with Gasteiger partial charge in [0.15, 0.2) is 0 Å². The molecule has 2 saturated heterocycles. The van der Waals surface area contributed by atoms with Crippen molar-refractivity contribution in [2.24, 2.45) is 17.8 Å². The fourth-order valence-corrected chi connectivity index (χ4v) is 4.10. The minimum Gasteiger partial charge on any atom is -0.290 e. The number of likely N-dealkylation sites (tertiary alicyclic amines) is 2. The van der Waals surface area contributed by atoms with Gasteiger partial charge in [-0.05, 0) is 31.6 Å². The van der Waals surface area contributed by atoms with Crippen LogP contribution in [0.3, 0.4) is 0 Å². The summed E-state index contributed by atoms with van der Waals surface area (Å²) in [4.78, 5) is 28.6. The van der Waals surface area contributed by atoms with Gasteiger partial charge in [-0.25, -0.2) is 0 Å². The van der Waals surface area contributed by atoms with E-state index in [4.69, 9.17) is 5.26 Å². The van der Waals surface area contributed by atoms with Crippen molar-refractivity contribution in [3.05, 3.63) is 0 Å². The summed E-state index contributed by atoms with van der Waals surface area (Å²) in [6.45, 7) is 4.18. The molecule has 1 saturated carbocycles. The van der Waals surface area contributed by atoms with Crippen LogP contribution in [0.5, 0.6) is 0 Å². The first kappa shape index (κ1) is 13.6. The Morgan fingerprint density at radius 1 is 1.15 bits per heavy atom. The molecule has 2 amide bonds. The highest BCUT2D eigenvalue weighted by Crippen LogP contribution is 2.44. The summed E-state index contributed by atoms with van der Waals surface area (Å²) < 4.78 is 0. The van der Waals surface area contributed by atoms with Gasteiger partial charge in [-0.1, -0.05) is 6.92 Å². The summed E-state index contributed by atoms with van der Waals surface area (Å²) in [6.07, 6.45) is 3.38. The summed E-state index contributed by atoms with van der Waals surface area (Å²) in [7, 11) is 0. The van der Waals surface area contributed by atoms with Gasteiger partial charge in [0.25, 0.3) is 0 Å². The molecule has 2 heterocycles. The Labute approximate surface area is 119 Å². The SMILES string of the molecule is CC1CC2C(=O)N(C3CCN(CC#N)CC3)C(=O)C2C1. The second-order valence-corrected chi connectivity index (χ2v) is 6.50. The second-order valence-electron chi connectivity index (χ2n) is 6.50. The molecule has 3 fully saturated rings. The molecule has 5 heteroatoms. The van der Waals surface area contributed by atoms with Gasteiger partial charge in [0.1, 0.15) is 0 Å². The topological polar surface area (TPSA) is 64.4 Å². The van der Waals surface area contributed by atoms with Crippen LogP contribution in [-0.4, -0.2) is 47.3 Å². The molecule has 0 aromatic carbocycles. The Kier molecular flexibility index (Phi) is 3.51. The monoisotopic (exact) mass is 275 g/mol. The van der Waals surface area contributed by atoms with E-state index in [2.05, 4.69) is 17.9 Å². The fourth-order valence-electron chi connectivity index (χ4n) is 4.10. The maximum Gasteiger partial charge on any atom is 0.233 e. The number of carbonyl (C=O) groups is 2. The molecule has 1 aliphatic carbocycles. The number of amides is 2. The van der Waals surface area contributed by atoms with Gasteiger partial charge in [-0.2, -0.15) is 5.26 Å². The highest BCUT2D eigenvalue weighted by molar-refractivity contribution is 6.05. The smallest absolute Gasteiger partial charge is 0.233 e. The summed E-state index contributed by atoms with van der Waals surface area (Å²) >= 11 is 0. The number of rotatable bonds is 2. The van der Waals surface area contributed by atoms with Gasteiger partial charge in [-0.3, -0.25) is 19.4 Å². The molecule has 3 rings (SSSR count). The molecule has 2 atom stereocenters. The Morgan fingerprint density at radius 3 is 2.20 bits per heavy atom. The molecule has 0 N–H and O–H groups in total. The summed E-state index contributed by atoms with van der Waals surface area (Å²) in [6, 6.07) is 2.22. The maximum absolute atomic E-state index is 12.5. The highest BCUT2D eigenvalue weighted by atomic mass is 16.2. The first-order chi connectivity index (χ1) is 9.61. The van der Waals surface area contributed by atoms with Crippen molar-refractivity contribution in [1.29, 1.82) is 5.26 Å². The van der Waals surface area contributed by atoms with E-state index in [1.165, 1.54) is 0 Å². The van der Waals surface area contributed by atoms with E-state index in [0.29, 0.717) is 12.5 Å². The van der Waals surface area contributed by atoms with Gasteiger partial charge in [-0.15, -0.1) is 0 Å². The standard InChI is InChI=1S/C15H21N3O2/c1-10-8-12-13(9-10)15(20)18(14(12)19)11-2-5-17(6-3-11)7-4-16/h10-13H,2-3,5-9H2,1H3. The molecule has 108 valence electrons. The van der Waals surface area contributed by atoms with E-state index in [1.807, 2.05) is 0 Å². The molecule has 0 spiro atoms. The molecule has 0 aromatic heterocycles. The van der Waals surface area contributed by atoms with Crippen molar-refractivity contribution in [2.75, 3.05) is 19.6 Å². The zero-order chi connectivity index (χ0) is 14.3. The lowest BCUT2D eigenvalue weighted by atomic mass is 10.00. The molecule has 2 aliphatic heterocycles. The van der Waals surface area contributed by atoms with Crippen LogP contribution in [0.15, 0.2) is 0 Å². The minimum atomic E-state index is -0.0466. The van der Waals surface area contributed by atoms with Crippen molar-refractivity contribution in [3.63, 3.8) is 0 Å². The van der Waals surface area contributed by atoms with Gasteiger partial charge in [0.05, 0.1) is 24.4 Å². The van der Waals surface area contributed by atoms with E-state index >= 15 is 0 Å². The van der Waals surface area contributed by atoms with Crippen molar-refractivity contribution < 1.29 is 9.59 Å². The summed E-state index contributed by atoms with van der Waals surface area (Å²) in [5.74, 6) is 0.549. The first-order valence-corrected chi connectivity index (χ1v) is 7.58. The van der Waals surface area contributed by atoms with Crippen molar-refractivity contribution in [2.45, 2.75) is 38.6 Å². The number of hydrogen-bond acceptors (Lipinski definition) is 4.